The molecule has 1 aromatic carbocycles. The van der Waals surface area contributed by atoms with Gasteiger partial charge in [-0.1, -0.05) is 12.1 Å². The number of carbonyl (C=O) groups is 1. The van der Waals surface area contributed by atoms with E-state index in [1.54, 1.807) is 19.4 Å². The minimum atomic E-state index is -0.207. The Bertz CT molecular complexity index is 715. The van der Waals surface area contributed by atoms with E-state index in [0.717, 1.165) is 37.2 Å². The van der Waals surface area contributed by atoms with Crippen molar-refractivity contribution < 1.29 is 14.3 Å². The molecule has 26 heavy (non-hydrogen) atoms. The Morgan fingerprint density at radius 2 is 2.15 bits per heavy atom. The van der Waals surface area contributed by atoms with E-state index in [2.05, 4.69) is 20.6 Å². The number of amides is 1. The van der Waals surface area contributed by atoms with E-state index >= 15 is 0 Å². The van der Waals surface area contributed by atoms with Crippen LogP contribution in [0.2, 0.25) is 0 Å². The van der Waals surface area contributed by atoms with Crippen LogP contribution in [0.1, 0.15) is 28.9 Å². The Hall–Kier alpha value is -2.67. The van der Waals surface area contributed by atoms with Crippen LogP contribution in [0.4, 0.5) is 5.95 Å². The lowest BCUT2D eigenvalue weighted by molar-refractivity contribution is 0.0949. The number of hydrogen-bond acceptors (Lipinski definition) is 6. The Labute approximate surface area is 153 Å². The topological polar surface area (TPSA) is 85.4 Å². The molecule has 2 heterocycles. The maximum atomic E-state index is 12.3. The van der Waals surface area contributed by atoms with Gasteiger partial charge in [0.1, 0.15) is 11.4 Å². The van der Waals surface area contributed by atoms with Crippen LogP contribution in [0, 0.1) is 0 Å². The fourth-order valence-corrected chi connectivity index (χ4v) is 2.78. The monoisotopic (exact) mass is 356 g/mol. The summed E-state index contributed by atoms with van der Waals surface area (Å²) in [4.78, 5) is 20.7. The lowest BCUT2D eigenvalue weighted by Crippen LogP contribution is -2.27. The van der Waals surface area contributed by atoms with Gasteiger partial charge in [0.25, 0.3) is 5.91 Å². The maximum absolute atomic E-state index is 12.3. The van der Waals surface area contributed by atoms with Crippen molar-refractivity contribution in [2.45, 2.75) is 25.4 Å². The lowest BCUT2D eigenvalue weighted by Gasteiger charge is -2.11. The zero-order chi connectivity index (χ0) is 18.2. The summed E-state index contributed by atoms with van der Waals surface area (Å²) in [5, 5.41) is 6.02. The van der Waals surface area contributed by atoms with Crippen LogP contribution >= 0.6 is 0 Å². The molecular formula is C19H24N4O3. The highest BCUT2D eigenvalue weighted by atomic mass is 16.5. The van der Waals surface area contributed by atoms with Crippen LogP contribution in [-0.2, 0) is 11.2 Å². The second-order valence-corrected chi connectivity index (χ2v) is 6.14. The standard InChI is InChI=1S/C19H24N4O3/c1-25-15-6-4-14(5-7-15)8-10-20-18(24)17-9-11-21-19(23-17)22-13-16-3-2-12-26-16/h4-7,9,11,16H,2-3,8,10,12-13H2,1H3,(H,20,24)(H,21,22,23). The van der Waals surface area contributed by atoms with Gasteiger partial charge in [0.15, 0.2) is 0 Å². The van der Waals surface area contributed by atoms with Crippen molar-refractivity contribution in [3.05, 3.63) is 47.8 Å². The molecule has 2 N–H and O–H groups in total. The van der Waals surface area contributed by atoms with E-state index in [4.69, 9.17) is 9.47 Å². The van der Waals surface area contributed by atoms with Crippen molar-refractivity contribution in [1.82, 2.24) is 15.3 Å². The van der Waals surface area contributed by atoms with Gasteiger partial charge in [0, 0.05) is 25.9 Å². The summed E-state index contributed by atoms with van der Waals surface area (Å²) in [6.07, 6.45) is 4.65. The van der Waals surface area contributed by atoms with Crippen LogP contribution in [0.15, 0.2) is 36.5 Å². The minimum Gasteiger partial charge on any atom is -0.497 e. The first-order chi connectivity index (χ1) is 12.7. The first-order valence-corrected chi connectivity index (χ1v) is 8.84. The molecule has 3 rings (SSSR count). The summed E-state index contributed by atoms with van der Waals surface area (Å²) in [6.45, 7) is 2.00. The fraction of sp³-hybridized carbons (Fsp3) is 0.421. The third-order valence-electron chi connectivity index (χ3n) is 4.26. The molecule has 1 unspecified atom stereocenters. The minimum absolute atomic E-state index is 0.195. The van der Waals surface area contributed by atoms with Gasteiger partial charge in [-0.25, -0.2) is 9.97 Å². The fourth-order valence-electron chi connectivity index (χ4n) is 2.78. The molecule has 1 aliphatic heterocycles. The average Bonchev–Trinajstić information content (AvgIpc) is 3.21. The molecule has 7 heteroatoms. The average molecular weight is 356 g/mol. The van der Waals surface area contributed by atoms with Gasteiger partial charge in [0.05, 0.1) is 13.2 Å². The molecule has 1 fully saturated rings. The van der Waals surface area contributed by atoms with Crippen molar-refractivity contribution >= 4 is 11.9 Å². The molecule has 1 atom stereocenters. The molecule has 1 aromatic heterocycles. The largest absolute Gasteiger partial charge is 0.497 e. The third kappa shape index (κ3) is 5.16. The Balaban J connectivity index is 1.46. The highest BCUT2D eigenvalue weighted by Crippen LogP contribution is 2.13. The molecule has 138 valence electrons. The van der Waals surface area contributed by atoms with Gasteiger partial charge >= 0.3 is 0 Å². The van der Waals surface area contributed by atoms with E-state index in [0.29, 0.717) is 24.7 Å². The molecule has 0 aliphatic carbocycles. The first kappa shape index (κ1) is 18.1. The van der Waals surface area contributed by atoms with Crippen molar-refractivity contribution in [3.8, 4) is 5.75 Å². The van der Waals surface area contributed by atoms with E-state index in [1.165, 1.54) is 0 Å². The second-order valence-electron chi connectivity index (χ2n) is 6.14. The van der Waals surface area contributed by atoms with Gasteiger partial charge in [-0.15, -0.1) is 0 Å². The number of ether oxygens (including phenoxy) is 2. The Morgan fingerprint density at radius 3 is 2.88 bits per heavy atom. The number of rotatable bonds is 8. The molecule has 2 aromatic rings. The highest BCUT2D eigenvalue weighted by molar-refractivity contribution is 5.92. The summed E-state index contributed by atoms with van der Waals surface area (Å²) in [5.74, 6) is 1.06. The van der Waals surface area contributed by atoms with Gasteiger partial charge in [-0.2, -0.15) is 0 Å². The van der Waals surface area contributed by atoms with Crippen LogP contribution in [0.3, 0.4) is 0 Å². The number of nitrogens with zero attached hydrogens (tertiary/aromatic N) is 2. The van der Waals surface area contributed by atoms with E-state index in [1.807, 2.05) is 24.3 Å². The van der Waals surface area contributed by atoms with Crippen molar-refractivity contribution in [1.29, 1.82) is 0 Å². The Kier molecular flexibility index (Phi) is 6.38. The lowest BCUT2D eigenvalue weighted by atomic mass is 10.1. The predicted molar refractivity (Wildman–Crippen MR) is 98.5 cm³/mol. The summed E-state index contributed by atoms with van der Waals surface area (Å²) >= 11 is 0. The Morgan fingerprint density at radius 1 is 1.31 bits per heavy atom. The van der Waals surface area contributed by atoms with Crippen molar-refractivity contribution in [3.63, 3.8) is 0 Å². The van der Waals surface area contributed by atoms with Gasteiger partial charge in [-0.05, 0) is 43.0 Å². The van der Waals surface area contributed by atoms with Crippen LogP contribution in [0.25, 0.3) is 0 Å². The molecule has 1 amide bonds. The predicted octanol–water partition coefficient (Wildman–Crippen LogP) is 2.05. The molecule has 1 saturated heterocycles. The van der Waals surface area contributed by atoms with E-state index in [9.17, 15) is 4.79 Å². The quantitative estimate of drug-likeness (QED) is 0.753. The first-order valence-electron chi connectivity index (χ1n) is 8.84. The summed E-state index contributed by atoms with van der Waals surface area (Å²) in [7, 11) is 1.64. The summed E-state index contributed by atoms with van der Waals surface area (Å²) < 4.78 is 10.7. The number of benzene rings is 1. The van der Waals surface area contributed by atoms with Crippen molar-refractivity contribution in [2.75, 3.05) is 32.1 Å². The summed E-state index contributed by atoms with van der Waals surface area (Å²) in [6, 6.07) is 9.41. The highest BCUT2D eigenvalue weighted by Gasteiger charge is 2.16. The maximum Gasteiger partial charge on any atom is 0.270 e. The molecule has 7 nitrogen and oxygen atoms in total. The number of nitrogens with one attached hydrogen (secondary N) is 2. The molecule has 0 spiro atoms. The number of anilines is 1. The van der Waals surface area contributed by atoms with Gasteiger partial charge in [0.2, 0.25) is 5.95 Å². The normalized spacial score (nSPS) is 16.3. The molecule has 1 aliphatic rings. The smallest absolute Gasteiger partial charge is 0.270 e. The van der Waals surface area contributed by atoms with E-state index in [-0.39, 0.29) is 12.0 Å². The molecule has 0 bridgehead atoms. The SMILES string of the molecule is COc1ccc(CCNC(=O)c2ccnc(NCC3CCCO3)n2)cc1. The number of hydrogen-bond donors (Lipinski definition) is 2. The summed E-state index contributed by atoms with van der Waals surface area (Å²) in [5.41, 5.74) is 1.48. The molecule has 0 radical (unpaired) electrons. The van der Waals surface area contributed by atoms with Gasteiger partial charge < -0.3 is 20.1 Å². The van der Waals surface area contributed by atoms with Crippen molar-refractivity contribution in [2.24, 2.45) is 0 Å². The van der Waals surface area contributed by atoms with E-state index < -0.39 is 0 Å². The zero-order valence-electron chi connectivity index (χ0n) is 14.9. The second kappa shape index (κ2) is 9.15. The molecule has 0 saturated carbocycles. The number of carbonyl (C=O) groups excluding carboxylic acids is 1. The number of aromatic nitrogens is 2. The number of methoxy groups -OCH3 is 1. The molecular weight excluding hydrogens is 332 g/mol. The zero-order valence-corrected chi connectivity index (χ0v) is 14.9. The van der Waals surface area contributed by atoms with Crippen LogP contribution < -0.4 is 15.4 Å². The van der Waals surface area contributed by atoms with Gasteiger partial charge in [-0.3, -0.25) is 4.79 Å². The third-order valence-corrected chi connectivity index (χ3v) is 4.26. The van der Waals surface area contributed by atoms with Crippen LogP contribution in [-0.4, -0.2) is 48.8 Å². The van der Waals surface area contributed by atoms with Crippen LogP contribution in [0.5, 0.6) is 5.75 Å².